The molecule has 0 spiro atoms. The summed E-state index contributed by atoms with van der Waals surface area (Å²) in [5.74, 6) is 0.484. The van der Waals surface area contributed by atoms with Gasteiger partial charge in [-0.3, -0.25) is 4.79 Å². The van der Waals surface area contributed by atoms with Crippen LogP contribution in [0.1, 0.15) is 12.0 Å². The molecule has 4 N–H and O–H groups in total. The average Bonchev–Trinajstić information content (AvgIpc) is 2.71. The third-order valence-corrected chi connectivity index (χ3v) is 3.44. The monoisotopic (exact) mass is 257 g/mol. The number of hydrogen-bond donors (Lipinski definition) is 2. The second-order valence-corrected chi connectivity index (χ2v) is 4.77. The molecule has 1 aliphatic rings. The molecule has 0 aliphatic carbocycles. The Kier molecular flexibility index (Phi) is 2.79. The van der Waals surface area contributed by atoms with Crippen LogP contribution in [0.15, 0.2) is 24.5 Å². The van der Waals surface area contributed by atoms with Crippen molar-refractivity contribution in [2.75, 3.05) is 12.3 Å². The van der Waals surface area contributed by atoms with Gasteiger partial charge in [0.15, 0.2) is 0 Å². The molecule has 6 nitrogen and oxygen atoms in total. The highest BCUT2D eigenvalue weighted by molar-refractivity contribution is 5.88. The minimum absolute atomic E-state index is 0.0160. The summed E-state index contributed by atoms with van der Waals surface area (Å²) in [4.78, 5) is 21.7. The predicted octanol–water partition coefficient (Wildman–Crippen LogP) is 0.272. The standard InChI is InChI=1S/C13H15N5O/c14-10-3-4-18(13(10)19)6-8-1-2-9-11(5-8)16-7-17-12(9)15/h1-2,5,7,10H,3-4,6,14H2,(H2,15,16,17)/t10-/m1/s1. The van der Waals surface area contributed by atoms with Gasteiger partial charge in [-0.15, -0.1) is 0 Å². The third-order valence-electron chi connectivity index (χ3n) is 3.44. The topological polar surface area (TPSA) is 98.1 Å². The lowest BCUT2D eigenvalue weighted by Crippen LogP contribution is -2.33. The molecule has 2 aromatic rings. The zero-order chi connectivity index (χ0) is 13.4. The molecule has 0 saturated carbocycles. The largest absolute Gasteiger partial charge is 0.383 e. The maximum atomic E-state index is 11.8. The Morgan fingerprint density at radius 3 is 2.95 bits per heavy atom. The quantitative estimate of drug-likeness (QED) is 0.804. The number of hydrogen-bond acceptors (Lipinski definition) is 5. The summed E-state index contributed by atoms with van der Waals surface area (Å²) in [6.45, 7) is 1.27. The second-order valence-electron chi connectivity index (χ2n) is 4.77. The fourth-order valence-corrected chi connectivity index (χ4v) is 2.36. The van der Waals surface area contributed by atoms with E-state index < -0.39 is 0 Å². The number of fused-ring (bicyclic) bond motifs is 1. The molecule has 0 radical (unpaired) electrons. The van der Waals surface area contributed by atoms with E-state index in [2.05, 4.69) is 9.97 Å². The highest BCUT2D eigenvalue weighted by atomic mass is 16.2. The van der Waals surface area contributed by atoms with E-state index in [9.17, 15) is 4.79 Å². The Labute approximate surface area is 110 Å². The summed E-state index contributed by atoms with van der Waals surface area (Å²) in [5.41, 5.74) is 13.3. The van der Waals surface area contributed by atoms with Crippen LogP contribution >= 0.6 is 0 Å². The normalized spacial score (nSPS) is 19.3. The van der Waals surface area contributed by atoms with Gasteiger partial charge in [-0.2, -0.15) is 0 Å². The molecule has 1 atom stereocenters. The molecular formula is C13H15N5O. The number of amides is 1. The zero-order valence-electron chi connectivity index (χ0n) is 10.4. The molecule has 98 valence electrons. The number of likely N-dealkylation sites (tertiary alicyclic amines) is 1. The second kappa shape index (κ2) is 4.47. The van der Waals surface area contributed by atoms with Crippen molar-refractivity contribution >= 4 is 22.6 Å². The number of carbonyl (C=O) groups is 1. The molecule has 1 aliphatic heterocycles. The van der Waals surface area contributed by atoms with Gasteiger partial charge in [0.1, 0.15) is 12.1 Å². The summed E-state index contributed by atoms with van der Waals surface area (Å²) in [5, 5.41) is 0.829. The van der Waals surface area contributed by atoms with Crippen LogP contribution in [0.3, 0.4) is 0 Å². The highest BCUT2D eigenvalue weighted by Crippen LogP contribution is 2.20. The molecule has 1 aromatic carbocycles. The van der Waals surface area contributed by atoms with Gasteiger partial charge in [-0.25, -0.2) is 9.97 Å². The van der Waals surface area contributed by atoms with Crippen LogP contribution in [0.25, 0.3) is 10.9 Å². The number of benzene rings is 1. The van der Waals surface area contributed by atoms with Crippen molar-refractivity contribution in [2.24, 2.45) is 5.73 Å². The van der Waals surface area contributed by atoms with Crippen molar-refractivity contribution in [1.29, 1.82) is 0 Å². The van der Waals surface area contributed by atoms with E-state index in [0.717, 1.165) is 22.9 Å². The van der Waals surface area contributed by atoms with Crippen molar-refractivity contribution in [3.63, 3.8) is 0 Å². The first-order valence-corrected chi connectivity index (χ1v) is 6.18. The Morgan fingerprint density at radius 1 is 1.37 bits per heavy atom. The maximum Gasteiger partial charge on any atom is 0.239 e. The Bertz CT molecular complexity index is 642. The van der Waals surface area contributed by atoms with Crippen LogP contribution in [-0.2, 0) is 11.3 Å². The molecule has 2 heterocycles. The minimum Gasteiger partial charge on any atom is -0.383 e. The first-order chi connectivity index (χ1) is 9.15. The molecular weight excluding hydrogens is 242 g/mol. The molecule has 0 unspecified atom stereocenters. The number of nitrogens with two attached hydrogens (primary N) is 2. The fraction of sp³-hybridized carbons (Fsp3) is 0.308. The minimum atomic E-state index is -0.349. The SMILES string of the molecule is Nc1ncnc2cc(CN3CC[C@@H](N)C3=O)ccc12. The van der Waals surface area contributed by atoms with E-state index in [1.165, 1.54) is 6.33 Å². The average molecular weight is 257 g/mol. The Balaban J connectivity index is 1.88. The van der Waals surface area contributed by atoms with Crippen molar-refractivity contribution in [1.82, 2.24) is 14.9 Å². The number of nitrogens with zero attached hydrogens (tertiary/aromatic N) is 3. The van der Waals surface area contributed by atoms with Crippen molar-refractivity contribution in [3.8, 4) is 0 Å². The Hall–Kier alpha value is -2.21. The van der Waals surface area contributed by atoms with Gasteiger partial charge in [-0.05, 0) is 24.1 Å². The number of nitrogen functional groups attached to an aromatic ring is 1. The molecule has 1 saturated heterocycles. The van der Waals surface area contributed by atoms with E-state index in [0.29, 0.717) is 18.9 Å². The zero-order valence-corrected chi connectivity index (χ0v) is 10.4. The molecule has 6 heteroatoms. The molecule has 0 bridgehead atoms. The van der Waals surface area contributed by atoms with Crippen LogP contribution in [0.2, 0.25) is 0 Å². The van der Waals surface area contributed by atoms with Crippen LogP contribution in [0.4, 0.5) is 5.82 Å². The van der Waals surface area contributed by atoms with Gasteiger partial charge in [0, 0.05) is 18.5 Å². The summed E-state index contributed by atoms with van der Waals surface area (Å²) < 4.78 is 0. The first kappa shape index (κ1) is 11.9. The van der Waals surface area contributed by atoms with Crippen molar-refractivity contribution in [2.45, 2.75) is 19.0 Å². The molecule has 1 fully saturated rings. The number of rotatable bonds is 2. The van der Waals surface area contributed by atoms with Crippen molar-refractivity contribution < 1.29 is 4.79 Å². The van der Waals surface area contributed by atoms with Gasteiger partial charge in [-0.1, -0.05) is 6.07 Å². The number of aromatic nitrogens is 2. The first-order valence-electron chi connectivity index (χ1n) is 6.18. The van der Waals surface area contributed by atoms with Gasteiger partial charge >= 0.3 is 0 Å². The van der Waals surface area contributed by atoms with Crippen LogP contribution in [-0.4, -0.2) is 33.4 Å². The van der Waals surface area contributed by atoms with E-state index >= 15 is 0 Å². The van der Waals surface area contributed by atoms with Gasteiger partial charge in [0.05, 0.1) is 11.6 Å². The van der Waals surface area contributed by atoms with Gasteiger partial charge in [0.2, 0.25) is 5.91 Å². The number of anilines is 1. The van der Waals surface area contributed by atoms with E-state index in [1.54, 1.807) is 4.90 Å². The summed E-state index contributed by atoms with van der Waals surface area (Å²) in [6.07, 6.45) is 2.17. The van der Waals surface area contributed by atoms with E-state index in [1.807, 2.05) is 18.2 Å². The van der Waals surface area contributed by atoms with E-state index in [4.69, 9.17) is 11.5 Å². The highest BCUT2D eigenvalue weighted by Gasteiger charge is 2.28. The summed E-state index contributed by atoms with van der Waals surface area (Å²) in [7, 11) is 0. The number of carbonyl (C=O) groups excluding carboxylic acids is 1. The van der Waals surface area contributed by atoms with Crippen LogP contribution < -0.4 is 11.5 Å². The lowest BCUT2D eigenvalue weighted by atomic mass is 10.1. The van der Waals surface area contributed by atoms with E-state index in [-0.39, 0.29) is 11.9 Å². The van der Waals surface area contributed by atoms with Crippen molar-refractivity contribution in [3.05, 3.63) is 30.1 Å². The molecule has 1 aromatic heterocycles. The predicted molar refractivity (Wildman–Crippen MR) is 72.0 cm³/mol. The molecule has 19 heavy (non-hydrogen) atoms. The van der Waals surface area contributed by atoms with Gasteiger partial charge < -0.3 is 16.4 Å². The lowest BCUT2D eigenvalue weighted by molar-refractivity contribution is -0.129. The van der Waals surface area contributed by atoms with Crippen LogP contribution in [0, 0.1) is 0 Å². The molecule has 3 rings (SSSR count). The van der Waals surface area contributed by atoms with Crippen LogP contribution in [0.5, 0.6) is 0 Å². The molecule has 1 amide bonds. The fourth-order valence-electron chi connectivity index (χ4n) is 2.36. The smallest absolute Gasteiger partial charge is 0.239 e. The third kappa shape index (κ3) is 2.10. The van der Waals surface area contributed by atoms with Gasteiger partial charge in [0.25, 0.3) is 0 Å². The lowest BCUT2D eigenvalue weighted by Gasteiger charge is -2.16. The maximum absolute atomic E-state index is 11.8. The summed E-state index contributed by atoms with van der Waals surface area (Å²) in [6, 6.07) is 5.42. The summed E-state index contributed by atoms with van der Waals surface area (Å²) >= 11 is 0. The Morgan fingerprint density at radius 2 is 2.21 bits per heavy atom.